The number of nitrogens with one attached hydrogen (secondary N) is 1. The number of anilines is 1. The molecule has 0 radical (unpaired) electrons. The molecule has 1 aromatic carbocycles. The highest BCUT2D eigenvalue weighted by atomic mass is 35.5. The fourth-order valence-corrected chi connectivity index (χ4v) is 2.64. The summed E-state index contributed by atoms with van der Waals surface area (Å²) in [5.74, 6) is -0.532. The molecule has 2 rings (SSSR count). The van der Waals surface area contributed by atoms with E-state index in [1.165, 1.54) is 17.4 Å². The first-order valence-electron chi connectivity index (χ1n) is 5.83. The Hall–Kier alpha value is -1.60. The van der Waals surface area contributed by atoms with Crippen LogP contribution in [0, 0.1) is 6.92 Å². The highest BCUT2D eigenvalue weighted by molar-refractivity contribution is 7.09. The molecule has 112 valence electrons. The van der Waals surface area contributed by atoms with Gasteiger partial charge in [0.05, 0.1) is 28.9 Å². The van der Waals surface area contributed by atoms with Gasteiger partial charge in [-0.1, -0.05) is 11.6 Å². The fraction of sp³-hybridized carbons (Fsp3) is 0.231. The number of carbonyl (C=O) groups excluding carboxylic acids is 1. The van der Waals surface area contributed by atoms with E-state index in [9.17, 15) is 18.0 Å². The predicted molar refractivity (Wildman–Crippen MR) is 75.6 cm³/mol. The number of benzene rings is 1. The van der Waals surface area contributed by atoms with Crippen molar-refractivity contribution in [3.8, 4) is 0 Å². The van der Waals surface area contributed by atoms with E-state index in [1.807, 2.05) is 0 Å². The van der Waals surface area contributed by atoms with Crippen LogP contribution in [0.3, 0.4) is 0 Å². The van der Waals surface area contributed by atoms with E-state index >= 15 is 0 Å². The average molecular weight is 335 g/mol. The van der Waals surface area contributed by atoms with Crippen LogP contribution in [0.2, 0.25) is 5.02 Å². The summed E-state index contributed by atoms with van der Waals surface area (Å²) in [6.07, 6.45) is -4.61. The van der Waals surface area contributed by atoms with Gasteiger partial charge in [-0.15, -0.1) is 11.3 Å². The lowest BCUT2D eigenvalue weighted by molar-refractivity contribution is -0.137. The second-order valence-electron chi connectivity index (χ2n) is 4.27. The second kappa shape index (κ2) is 6.03. The lowest BCUT2D eigenvalue weighted by Crippen LogP contribution is -2.18. The van der Waals surface area contributed by atoms with E-state index in [-0.39, 0.29) is 17.1 Å². The number of halogens is 4. The topological polar surface area (TPSA) is 42.0 Å². The van der Waals surface area contributed by atoms with Crippen molar-refractivity contribution in [2.24, 2.45) is 0 Å². The smallest absolute Gasteiger partial charge is 0.325 e. The molecule has 0 saturated carbocycles. The minimum Gasteiger partial charge on any atom is -0.325 e. The molecule has 1 N–H and O–H groups in total. The maximum absolute atomic E-state index is 12.9. The SMILES string of the molecule is Cc1ncsc1CC(=O)Nc1ccc(Cl)cc1C(F)(F)F. The first-order valence-corrected chi connectivity index (χ1v) is 7.08. The summed E-state index contributed by atoms with van der Waals surface area (Å²) in [6.45, 7) is 1.74. The third-order valence-corrected chi connectivity index (χ3v) is 3.90. The molecule has 0 fully saturated rings. The first kappa shape index (κ1) is 15.8. The molecule has 0 spiro atoms. The van der Waals surface area contributed by atoms with Gasteiger partial charge in [0.25, 0.3) is 0 Å². The van der Waals surface area contributed by atoms with Crippen LogP contribution in [0.5, 0.6) is 0 Å². The molecule has 0 saturated heterocycles. The number of aromatic nitrogens is 1. The van der Waals surface area contributed by atoms with Crippen molar-refractivity contribution >= 4 is 34.5 Å². The maximum Gasteiger partial charge on any atom is 0.418 e. The molecule has 0 aliphatic heterocycles. The van der Waals surface area contributed by atoms with Crippen molar-refractivity contribution in [1.82, 2.24) is 4.98 Å². The van der Waals surface area contributed by atoms with E-state index in [0.717, 1.165) is 17.0 Å². The van der Waals surface area contributed by atoms with E-state index < -0.39 is 17.6 Å². The summed E-state index contributed by atoms with van der Waals surface area (Å²) >= 11 is 6.86. The lowest BCUT2D eigenvalue weighted by Gasteiger charge is -2.14. The van der Waals surface area contributed by atoms with Crippen molar-refractivity contribution < 1.29 is 18.0 Å². The molecule has 1 heterocycles. The summed E-state index contributed by atoms with van der Waals surface area (Å²) in [7, 11) is 0. The molecule has 0 unspecified atom stereocenters. The highest BCUT2D eigenvalue weighted by Gasteiger charge is 2.34. The number of thiazole rings is 1. The Kier molecular flexibility index (Phi) is 4.53. The molecule has 0 bridgehead atoms. The fourth-order valence-electron chi connectivity index (χ4n) is 1.70. The number of amides is 1. The third-order valence-electron chi connectivity index (χ3n) is 2.73. The van der Waals surface area contributed by atoms with Gasteiger partial charge in [-0.25, -0.2) is 4.98 Å². The molecule has 1 aromatic heterocycles. The van der Waals surface area contributed by atoms with Gasteiger partial charge in [-0.3, -0.25) is 4.79 Å². The minimum absolute atomic E-state index is 0.0174. The zero-order valence-electron chi connectivity index (χ0n) is 10.8. The van der Waals surface area contributed by atoms with Crippen molar-refractivity contribution in [3.05, 3.63) is 44.9 Å². The van der Waals surface area contributed by atoms with E-state index in [4.69, 9.17) is 11.6 Å². The monoisotopic (exact) mass is 334 g/mol. The van der Waals surface area contributed by atoms with Crippen LogP contribution in [0.25, 0.3) is 0 Å². The number of hydrogen-bond donors (Lipinski definition) is 1. The van der Waals surface area contributed by atoms with Crippen molar-refractivity contribution in [2.45, 2.75) is 19.5 Å². The molecular weight excluding hydrogens is 325 g/mol. The second-order valence-corrected chi connectivity index (χ2v) is 5.65. The van der Waals surface area contributed by atoms with Gasteiger partial charge in [-0.2, -0.15) is 13.2 Å². The summed E-state index contributed by atoms with van der Waals surface area (Å²) in [6, 6.07) is 3.22. The minimum atomic E-state index is -4.59. The first-order chi connectivity index (χ1) is 9.77. The zero-order chi connectivity index (χ0) is 15.6. The number of hydrogen-bond acceptors (Lipinski definition) is 3. The molecule has 3 nitrogen and oxygen atoms in total. The van der Waals surface area contributed by atoms with Crippen molar-refractivity contribution in [2.75, 3.05) is 5.32 Å². The molecule has 1 amide bonds. The van der Waals surface area contributed by atoms with Crippen LogP contribution in [-0.2, 0) is 17.4 Å². The van der Waals surface area contributed by atoms with Gasteiger partial charge in [0.2, 0.25) is 5.91 Å². The van der Waals surface area contributed by atoms with Crippen molar-refractivity contribution in [1.29, 1.82) is 0 Å². The summed E-state index contributed by atoms with van der Waals surface area (Å²) < 4.78 is 38.7. The van der Waals surface area contributed by atoms with Gasteiger partial charge < -0.3 is 5.32 Å². The van der Waals surface area contributed by atoms with Gasteiger partial charge in [0.1, 0.15) is 0 Å². The van der Waals surface area contributed by atoms with Gasteiger partial charge in [0.15, 0.2) is 0 Å². The molecule has 2 aromatic rings. The van der Waals surface area contributed by atoms with Crippen LogP contribution in [0.15, 0.2) is 23.7 Å². The number of aryl methyl sites for hydroxylation is 1. The lowest BCUT2D eigenvalue weighted by atomic mass is 10.1. The highest BCUT2D eigenvalue weighted by Crippen LogP contribution is 2.36. The predicted octanol–water partition coefficient (Wildman–Crippen LogP) is 4.30. The Balaban J connectivity index is 2.20. The molecule has 0 atom stereocenters. The summed E-state index contributed by atoms with van der Waals surface area (Å²) in [5, 5.41) is 2.23. The Bertz CT molecular complexity index is 670. The Labute approximate surface area is 127 Å². The van der Waals surface area contributed by atoms with Gasteiger partial charge in [-0.05, 0) is 25.1 Å². The van der Waals surface area contributed by atoms with E-state index in [2.05, 4.69) is 10.3 Å². The number of nitrogens with zero attached hydrogens (tertiary/aromatic N) is 1. The molecule has 8 heteroatoms. The Morgan fingerprint density at radius 2 is 2.14 bits per heavy atom. The van der Waals surface area contributed by atoms with Gasteiger partial charge in [0, 0.05) is 9.90 Å². The number of alkyl halides is 3. The van der Waals surface area contributed by atoms with Crippen LogP contribution in [0.4, 0.5) is 18.9 Å². The average Bonchev–Trinajstić information content (AvgIpc) is 2.76. The molecule has 0 aliphatic carbocycles. The van der Waals surface area contributed by atoms with Crippen LogP contribution in [-0.4, -0.2) is 10.9 Å². The number of rotatable bonds is 3. The number of carbonyl (C=O) groups is 1. The third kappa shape index (κ3) is 3.95. The normalized spacial score (nSPS) is 11.5. The Morgan fingerprint density at radius 3 is 2.71 bits per heavy atom. The van der Waals surface area contributed by atoms with Crippen LogP contribution in [0.1, 0.15) is 16.1 Å². The summed E-state index contributed by atoms with van der Waals surface area (Å²) in [5.41, 5.74) is 1.01. The van der Waals surface area contributed by atoms with Crippen LogP contribution >= 0.6 is 22.9 Å². The molecule has 0 aliphatic rings. The van der Waals surface area contributed by atoms with Crippen LogP contribution < -0.4 is 5.32 Å². The van der Waals surface area contributed by atoms with Gasteiger partial charge >= 0.3 is 6.18 Å². The zero-order valence-corrected chi connectivity index (χ0v) is 12.4. The molecule has 21 heavy (non-hydrogen) atoms. The standard InChI is InChI=1S/C13H10ClF3N2OS/c1-7-11(21-6-18-7)5-12(20)19-10-3-2-8(14)4-9(10)13(15,16)17/h2-4,6H,5H2,1H3,(H,19,20). The quantitative estimate of drug-likeness (QED) is 0.909. The Morgan fingerprint density at radius 1 is 1.43 bits per heavy atom. The molecular formula is C13H10ClF3N2OS. The largest absolute Gasteiger partial charge is 0.418 e. The summed E-state index contributed by atoms with van der Waals surface area (Å²) in [4.78, 5) is 16.6. The van der Waals surface area contributed by atoms with E-state index in [0.29, 0.717) is 5.69 Å². The van der Waals surface area contributed by atoms with Crippen molar-refractivity contribution in [3.63, 3.8) is 0 Å². The van der Waals surface area contributed by atoms with E-state index in [1.54, 1.807) is 12.4 Å². The maximum atomic E-state index is 12.9.